The van der Waals surface area contributed by atoms with Crippen LogP contribution in [0.25, 0.3) is 11.4 Å². The number of benzene rings is 2. The Labute approximate surface area is 185 Å². The number of esters is 1. The Balaban J connectivity index is 1.88. The summed E-state index contributed by atoms with van der Waals surface area (Å²) in [6.45, 7) is 3.27. The van der Waals surface area contributed by atoms with Crippen molar-refractivity contribution in [3.63, 3.8) is 0 Å². The number of carbonyl (C=O) groups excluding carboxylic acids is 2. The molecule has 1 heterocycles. The van der Waals surface area contributed by atoms with E-state index in [1.165, 1.54) is 4.57 Å². The van der Waals surface area contributed by atoms with Crippen LogP contribution in [0.4, 0.5) is 5.69 Å². The van der Waals surface area contributed by atoms with Crippen molar-refractivity contribution < 1.29 is 19.4 Å². The Hall–Kier alpha value is -3.78. The van der Waals surface area contributed by atoms with E-state index >= 15 is 0 Å². The molecule has 1 aromatic heterocycles. The molecule has 0 saturated carbocycles. The summed E-state index contributed by atoms with van der Waals surface area (Å²) in [5.41, 5.74) is 2.10. The monoisotopic (exact) mass is 435 g/mol. The van der Waals surface area contributed by atoms with Gasteiger partial charge in [-0.1, -0.05) is 30.3 Å². The van der Waals surface area contributed by atoms with Gasteiger partial charge in [0.05, 0.1) is 12.2 Å². The molecule has 0 unspecified atom stereocenters. The molecule has 0 saturated heterocycles. The van der Waals surface area contributed by atoms with E-state index in [4.69, 9.17) is 4.74 Å². The number of carbonyl (C=O) groups is 2. The maximum absolute atomic E-state index is 13.1. The average molecular weight is 435 g/mol. The van der Waals surface area contributed by atoms with Crippen molar-refractivity contribution in [2.75, 3.05) is 18.5 Å². The minimum Gasteiger partial charge on any atom is -0.462 e. The zero-order valence-corrected chi connectivity index (χ0v) is 18.0. The number of aliphatic hydroxyl groups is 1. The number of hydrogen-bond donors (Lipinski definition) is 2. The minimum absolute atomic E-state index is 0.156. The van der Waals surface area contributed by atoms with E-state index in [2.05, 4.69) is 10.3 Å². The number of nitrogens with zero attached hydrogens (tertiary/aromatic N) is 2. The first-order chi connectivity index (χ1) is 15.4. The van der Waals surface area contributed by atoms with Crippen LogP contribution in [0.1, 0.15) is 28.5 Å². The molecule has 2 N–H and O–H groups in total. The lowest BCUT2D eigenvalue weighted by atomic mass is 10.1. The predicted molar refractivity (Wildman–Crippen MR) is 120 cm³/mol. The average Bonchev–Trinajstić information content (AvgIpc) is 2.79. The van der Waals surface area contributed by atoms with Gasteiger partial charge in [0.15, 0.2) is 0 Å². The van der Waals surface area contributed by atoms with Gasteiger partial charge in [0, 0.05) is 35.5 Å². The first-order valence-electron chi connectivity index (χ1n) is 10.3. The standard InChI is InChI=1S/C24H25N3O5/c1-3-32-24(31)18-9-11-19(12-10-18)26-21(29)15-27-22(17-7-5-4-6-8-17)25-16(2)20(13-14-28)23(27)30/h4-12,28H,3,13-15H2,1-2H3,(H,26,29). The first kappa shape index (κ1) is 22.9. The fourth-order valence-electron chi connectivity index (χ4n) is 3.30. The van der Waals surface area contributed by atoms with Gasteiger partial charge >= 0.3 is 5.97 Å². The van der Waals surface area contributed by atoms with Gasteiger partial charge in [-0.15, -0.1) is 0 Å². The maximum atomic E-state index is 13.1. The lowest BCUT2D eigenvalue weighted by Gasteiger charge is -2.16. The lowest BCUT2D eigenvalue weighted by molar-refractivity contribution is -0.116. The number of amides is 1. The molecule has 32 heavy (non-hydrogen) atoms. The molecule has 166 valence electrons. The van der Waals surface area contributed by atoms with E-state index in [-0.39, 0.29) is 31.7 Å². The van der Waals surface area contributed by atoms with Crippen LogP contribution in [0.5, 0.6) is 0 Å². The lowest BCUT2D eigenvalue weighted by Crippen LogP contribution is -2.33. The van der Waals surface area contributed by atoms with E-state index in [1.54, 1.807) is 38.1 Å². The number of nitrogens with one attached hydrogen (secondary N) is 1. The Morgan fingerprint density at radius 1 is 1.09 bits per heavy atom. The van der Waals surface area contributed by atoms with E-state index in [1.807, 2.05) is 30.3 Å². The Kier molecular flexibility index (Phi) is 7.51. The summed E-state index contributed by atoms with van der Waals surface area (Å²) in [5.74, 6) is -0.483. The highest BCUT2D eigenvalue weighted by Gasteiger charge is 2.18. The molecule has 3 aromatic rings. The number of hydrogen-bond acceptors (Lipinski definition) is 6. The number of aromatic nitrogens is 2. The quantitative estimate of drug-likeness (QED) is 0.526. The summed E-state index contributed by atoms with van der Waals surface area (Å²) >= 11 is 0. The molecule has 8 nitrogen and oxygen atoms in total. The number of aryl methyl sites for hydroxylation is 1. The molecule has 0 aliphatic heterocycles. The Morgan fingerprint density at radius 2 is 1.78 bits per heavy atom. The third kappa shape index (κ3) is 5.28. The summed E-state index contributed by atoms with van der Waals surface area (Å²) in [5, 5.41) is 12.1. The predicted octanol–water partition coefficient (Wildman–Crippen LogP) is 2.57. The van der Waals surface area contributed by atoms with Gasteiger partial charge in [-0.3, -0.25) is 14.2 Å². The number of rotatable bonds is 8. The zero-order chi connectivity index (χ0) is 23.1. The van der Waals surface area contributed by atoms with Crippen LogP contribution >= 0.6 is 0 Å². The summed E-state index contributed by atoms with van der Waals surface area (Å²) in [4.78, 5) is 42.2. The van der Waals surface area contributed by atoms with Crippen molar-refractivity contribution >= 4 is 17.6 Å². The van der Waals surface area contributed by atoms with Crippen molar-refractivity contribution in [1.82, 2.24) is 9.55 Å². The molecule has 0 aliphatic rings. The molecule has 0 bridgehead atoms. The Bertz CT molecular complexity index is 1150. The second-order valence-electron chi connectivity index (χ2n) is 7.08. The second-order valence-corrected chi connectivity index (χ2v) is 7.08. The molecule has 2 aromatic carbocycles. The first-order valence-corrected chi connectivity index (χ1v) is 10.3. The topological polar surface area (TPSA) is 111 Å². The fourth-order valence-corrected chi connectivity index (χ4v) is 3.30. The summed E-state index contributed by atoms with van der Waals surface area (Å²) in [7, 11) is 0. The fraction of sp³-hybridized carbons (Fsp3) is 0.250. The highest BCUT2D eigenvalue weighted by molar-refractivity contribution is 5.93. The summed E-state index contributed by atoms with van der Waals surface area (Å²) < 4.78 is 6.26. The van der Waals surface area contributed by atoms with E-state index in [9.17, 15) is 19.5 Å². The minimum atomic E-state index is -0.438. The van der Waals surface area contributed by atoms with Gasteiger partial charge in [-0.05, 0) is 38.1 Å². The molecule has 8 heteroatoms. The van der Waals surface area contributed by atoms with Gasteiger partial charge in [-0.2, -0.15) is 0 Å². The van der Waals surface area contributed by atoms with Gasteiger partial charge in [0.1, 0.15) is 12.4 Å². The van der Waals surface area contributed by atoms with Crippen molar-refractivity contribution in [2.24, 2.45) is 0 Å². The van der Waals surface area contributed by atoms with Crippen molar-refractivity contribution in [3.8, 4) is 11.4 Å². The molecule has 3 rings (SSSR count). The molecule has 0 atom stereocenters. The van der Waals surface area contributed by atoms with E-state index in [0.29, 0.717) is 33.9 Å². The summed E-state index contributed by atoms with van der Waals surface area (Å²) in [6.07, 6.45) is 0.156. The van der Waals surface area contributed by atoms with Crippen molar-refractivity contribution in [3.05, 3.63) is 81.8 Å². The Morgan fingerprint density at radius 3 is 2.41 bits per heavy atom. The van der Waals surface area contributed by atoms with E-state index < -0.39 is 11.9 Å². The molecular formula is C24H25N3O5. The van der Waals surface area contributed by atoms with Gasteiger partial charge in [-0.25, -0.2) is 9.78 Å². The molecule has 0 aliphatic carbocycles. The van der Waals surface area contributed by atoms with Crippen molar-refractivity contribution in [2.45, 2.75) is 26.8 Å². The van der Waals surface area contributed by atoms with Crippen LogP contribution in [0.2, 0.25) is 0 Å². The molecule has 1 amide bonds. The molecular weight excluding hydrogens is 410 g/mol. The molecule has 0 spiro atoms. The SMILES string of the molecule is CCOC(=O)c1ccc(NC(=O)Cn2c(-c3ccccc3)nc(C)c(CCO)c2=O)cc1. The van der Waals surface area contributed by atoms with Crippen LogP contribution in [0.15, 0.2) is 59.4 Å². The highest BCUT2D eigenvalue weighted by atomic mass is 16.5. The number of anilines is 1. The number of aliphatic hydroxyl groups excluding tert-OH is 1. The van der Waals surface area contributed by atoms with Crippen LogP contribution in [0.3, 0.4) is 0 Å². The van der Waals surface area contributed by atoms with Crippen LogP contribution in [0, 0.1) is 6.92 Å². The maximum Gasteiger partial charge on any atom is 0.338 e. The van der Waals surface area contributed by atoms with Crippen LogP contribution in [-0.4, -0.2) is 39.7 Å². The zero-order valence-electron chi connectivity index (χ0n) is 18.0. The number of ether oxygens (including phenoxy) is 1. The normalized spacial score (nSPS) is 10.6. The molecule has 0 radical (unpaired) electrons. The highest BCUT2D eigenvalue weighted by Crippen LogP contribution is 2.18. The van der Waals surface area contributed by atoms with Crippen LogP contribution in [-0.2, 0) is 22.5 Å². The van der Waals surface area contributed by atoms with Crippen molar-refractivity contribution in [1.29, 1.82) is 0 Å². The van der Waals surface area contributed by atoms with Gasteiger partial charge < -0.3 is 15.2 Å². The van der Waals surface area contributed by atoms with Crippen LogP contribution < -0.4 is 10.9 Å². The van der Waals surface area contributed by atoms with E-state index in [0.717, 1.165) is 0 Å². The van der Waals surface area contributed by atoms with Gasteiger partial charge in [0.25, 0.3) is 5.56 Å². The third-order valence-corrected chi connectivity index (χ3v) is 4.84. The second kappa shape index (κ2) is 10.5. The van der Waals surface area contributed by atoms with Gasteiger partial charge in [0.2, 0.25) is 5.91 Å². The third-order valence-electron chi connectivity index (χ3n) is 4.84. The molecule has 0 fully saturated rings. The smallest absolute Gasteiger partial charge is 0.338 e. The summed E-state index contributed by atoms with van der Waals surface area (Å²) in [6, 6.07) is 15.4. The largest absolute Gasteiger partial charge is 0.462 e.